The molecule has 2 heterocycles. The Morgan fingerprint density at radius 3 is 2.69 bits per heavy atom. The summed E-state index contributed by atoms with van der Waals surface area (Å²) in [5, 5.41) is 14.7. The van der Waals surface area contributed by atoms with Gasteiger partial charge in [0, 0.05) is 28.9 Å². The summed E-state index contributed by atoms with van der Waals surface area (Å²) < 4.78 is 1.98. The molecule has 1 aliphatic carbocycles. The van der Waals surface area contributed by atoms with Crippen LogP contribution in [0.5, 0.6) is 0 Å². The molecular formula is C19H28N4OS2. The zero-order chi connectivity index (χ0) is 18.5. The Morgan fingerprint density at radius 2 is 2.04 bits per heavy atom. The van der Waals surface area contributed by atoms with Crippen LogP contribution < -0.4 is 5.32 Å². The summed E-state index contributed by atoms with van der Waals surface area (Å²) in [6.07, 6.45) is 7.27. The molecule has 5 nitrogen and oxygen atoms in total. The van der Waals surface area contributed by atoms with Crippen molar-refractivity contribution in [3.05, 3.63) is 16.3 Å². The molecule has 0 aliphatic heterocycles. The molecule has 0 unspecified atom stereocenters. The first-order chi connectivity index (χ1) is 12.5. The Hall–Kier alpha value is -1.34. The van der Waals surface area contributed by atoms with Crippen molar-refractivity contribution in [1.29, 1.82) is 0 Å². The SMILES string of the molecule is CC(C)c1cc(-c2nnc(SCC(=O)NC3CCCCCC3)n2C)cs1. The van der Waals surface area contributed by atoms with Crippen LogP contribution in [0.3, 0.4) is 0 Å². The molecule has 0 radical (unpaired) electrons. The van der Waals surface area contributed by atoms with Gasteiger partial charge in [-0.3, -0.25) is 4.79 Å². The van der Waals surface area contributed by atoms with E-state index in [9.17, 15) is 4.79 Å². The van der Waals surface area contributed by atoms with Gasteiger partial charge < -0.3 is 9.88 Å². The molecule has 1 aliphatic rings. The number of thiophene rings is 1. The van der Waals surface area contributed by atoms with E-state index in [0.29, 0.717) is 17.7 Å². The van der Waals surface area contributed by atoms with E-state index in [1.165, 1.54) is 42.3 Å². The van der Waals surface area contributed by atoms with Gasteiger partial charge in [-0.25, -0.2) is 0 Å². The molecular weight excluding hydrogens is 364 g/mol. The van der Waals surface area contributed by atoms with E-state index in [2.05, 4.69) is 40.8 Å². The standard InChI is InChI=1S/C19H28N4OS2/c1-13(2)16-10-14(11-25-16)18-21-22-19(23(18)3)26-12-17(24)20-15-8-6-4-5-7-9-15/h10-11,13,15H,4-9,12H2,1-3H3,(H,20,24). The minimum absolute atomic E-state index is 0.101. The topological polar surface area (TPSA) is 59.8 Å². The average Bonchev–Trinajstić information content (AvgIpc) is 3.14. The van der Waals surface area contributed by atoms with Gasteiger partial charge in [0.15, 0.2) is 11.0 Å². The summed E-state index contributed by atoms with van der Waals surface area (Å²) >= 11 is 3.22. The van der Waals surface area contributed by atoms with Gasteiger partial charge in [0.2, 0.25) is 5.91 Å². The highest BCUT2D eigenvalue weighted by Gasteiger charge is 2.17. The van der Waals surface area contributed by atoms with Crippen LogP contribution in [0.25, 0.3) is 11.4 Å². The lowest BCUT2D eigenvalue weighted by molar-refractivity contribution is -0.119. The van der Waals surface area contributed by atoms with Crippen molar-refractivity contribution in [3.63, 3.8) is 0 Å². The minimum Gasteiger partial charge on any atom is -0.353 e. The highest BCUT2D eigenvalue weighted by molar-refractivity contribution is 7.99. The van der Waals surface area contributed by atoms with E-state index in [-0.39, 0.29) is 5.91 Å². The third-order valence-corrected chi connectivity index (χ3v) is 7.09. The predicted octanol–water partition coefficient (Wildman–Crippen LogP) is 4.60. The highest BCUT2D eigenvalue weighted by atomic mass is 32.2. The summed E-state index contributed by atoms with van der Waals surface area (Å²) in [6, 6.07) is 2.54. The Balaban J connectivity index is 1.56. The van der Waals surface area contributed by atoms with Gasteiger partial charge in [0.1, 0.15) is 0 Å². The predicted molar refractivity (Wildman–Crippen MR) is 109 cm³/mol. The summed E-state index contributed by atoms with van der Waals surface area (Å²) in [5.74, 6) is 1.87. The molecule has 0 spiro atoms. The van der Waals surface area contributed by atoms with Crippen LogP contribution in [-0.2, 0) is 11.8 Å². The van der Waals surface area contributed by atoms with Crippen molar-refractivity contribution >= 4 is 29.0 Å². The molecule has 1 fully saturated rings. The van der Waals surface area contributed by atoms with Crippen molar-refractivity contribution in [2.45, 2.75) is 69.5 Å². The molecule has 0 aromatic carbocycles. The maximum atomic E-state index is 12.3. The van der Waals surface area contributed by atoms with Crippen molar-refractivity contribution in [2.24, 2.45) is 7.05 Å². The van der Waals surface area contributed by atoms with Gasteiger partial charge in [-0.2, -0.15) is 0 Å². The number of amides is 1. The highest BCUT2D eigenvalue weighted by Crippen LogP contribution is 2.30. The molecule has 1 amide bonds. The monoisotopic (exact) mass is 392 g/mol. The van der Waals surface area contributed by atoms with E-state index in [4.69, 9.17) is 0 Å². The van der Waals surface area contributed by atoms with Gasteiger partial charge >= 0.3 is 0 Å². The molecule has 7 heteroatoms. The number of aromatic nitrogens is 3. The average molecular weight is 393 g/mol. The molecule has 3 rings (SSSR count). The van der Waals surface area contributed by atoms with Crippen LogP contribution in [0.2, 0.25) is 0 Å². The fourth-order valence-electron chi connectivity index (χ4n) is 3.29. The number of carbonyl (C=O) groups excluding carboxylic acids is 1. The Labute approximate surface area is 164 Å². The van der Waals surface area contributed by atoms with Crippen molar-refractivity contribution in [3.8, 4) is 11.4 Å². The van der Waals surface area contributed by atoms with Gasteiger partial charge in [0.05, 0.1) is 5.75 Å². The summed E-state index contributed by atoms with van der Waals surface area (Å²) in [5.41, 5.74) is 1.10. The van der Waals surface area contributed by atoms with E-state index in [1.54, 1.807) is 11.3 Å². The first kappa shape index (κ1) is 19.4. The summed E-state index contributed by atoms with van der Waals surface area (Å²) in [4.78, 5) is 13.6. The van der Waals surface area contributed by atoms with Crippen molar-refractivity contribution in [2.75, 3.05) is 5.75 Å². The van der Waals surface area contributed by atoms with Crippen LogP contribution in [0.1, 0.15) is 63.2 Å². The van der Waals surface area contributed by atoms with Crippen molar-refractivity contribution in [1.82, 2.24) is 20.1 Å². The van der Waals surface area contributed by atoms with E-state index < -0.39 is 0 Å². The number of thioether (sulfide) groups is 1. The minimum atomic E-state index is 0.101. The molecule has 142 valence electrons. The van der Waals surface area contributed by atoms with Gasteiger partial charge in [-0.05, 0) is 24.8 Å². The summed E-state index contributed by atoms with van der Waals surface area (Å²) in [6.45, 7) is 4.39. The quantitative estimate of drug-likeness (QED) is 0.577. The number of nitrogens with zero attached hydrogens (tertiary/aromatic N) is 3. The molecule has 1 N–H and O–H groups in total. The zero-order valence-corrected chi connectivity index (χ0v) is 17.5. The number of carbonyl (C=O) groups is 1. The smallest absolute Gasteiger partial charge is 0.230 e. The van der Waals surface area contributed by atoms with Crippen LogP contribution >= 0.6 is 23.1 Å². The molecule has 2 aromatic heterocycles. The fraction of sp³-hybridized carbons (Fsp3) is 0.632. The van der Waals surface area contributed by atoms with E-state index >= 15 is 0 Å². The Morgan fingerprint density at radius 1 is 1.31 bits per heavy atom. The van der Waals surface area contributed by atoms with Gasteiger partial charge in [-0.15, -0.1) is 21.5 Å². The molecule has 2 aromatic rings. The third-order valence-electron chi connectivity index (χ3n) is 4.83. The second kappa shape index (κ2) is 9.04. The van der Waals surface area contributed by atoms with Crippen LogP contribution in [-0.4, -0.2) is 32.5 Å². The number of nitrogens with one attached hydrogen (secondary N) is 1. The maximum absolute atomic E-state index is 12.3. The second-order valence-corrected chi connectivity index (χ2v) is 9.19. The second-order valence-electron chi connectivity index (χ2n) is 7.30. The van der Waals surface area contributed by atoms with E-state index in [0.717, 1.165) is 29.4 Å². The lowest BCUT2D eigenvalue weighted by Crippen LogP contribution is -2.35. The maximum Gasteiger partial charge on any atom is 0.230 e. The number of rotatable bonds is 6. The first-order valence-electron chi connectivity index (χ1n) is 9.45. The Kier molecular flexibility index (Phi) is 6.75. The van der Waals surface area contributed by atoms with Gasteiger partial charge in [-0.1, -0.05) is 51.3 Å². The molecule has 0 atom stereocenters. The molecule has 0 saturated heterocycles. The number of hydrogen-bond donors (Lipinski definition) is 1. The first-order valence-corrected chi connectivity index (χ1v) is 11.3. The lowest BCUT2D eigenvalue weighted by Gasteiger charge is -2.15. The molecule has 1 saturated carbocycles. The van der Waals surface area contributed by atoms with E-state index in [1.807, 2.05) is 11.6 Å². The van der Waals surface area contributed by atoms with Crippen LogP contribution in [0.4, 0.5) is 0 Å². The fourth-order valence-corrected chi connectivity index (χ4v) is 4.91. The van der Waals surface area contributed by atoms with Gasteiger partial charge in [0.25, 0.3) is 0 Å². The zero-order valence-electron chi connectivity index (χ0n) is 15.8. The summed E-state index contributed by atoms with van der Waals surface area (Å²) in [7, 11) is 1.97. The molecule has 26 heavy (non-hydrogen) atoms. The molecule has 0 bridgehead atoms. The lowest BCUT2D eigenvalue weighted by atomic mass is 10.1. The Bertz CT molecular complexity index is 730. The van der Waals surface area contributed by atoms with Crippen LogP contribution in [0, 0.1) is 0 Å². The largest absolute Gasteiger partial charge is 0.353 e. The number of hydrogen-bond acceptors (Lipinski definition) is 5. The third kappa shape index (κ3) is 4.88. The van der Waals surface area contributed by atoms with Crippen molar-refractivity contribution < 1.29 is 4.79 Å². The van der Waals surface area contributed by atoms with Crippen LogP contribution in [0.15, 0.2) is 16.6 Å². The normalized spacial score (nSPS) is 16.0.